The maximum absolute atomic E-state index is 12.5. The summed E-state index contributed by atoms with van der Waals surface area (Å²) in [4.78, 5) is 4.72. The van der Waals surface area contributed by atoms with Gasteiger partial charge in [0.05, 0.1) is 0 Å². The normalized spacial score (nSPS) is 11.6. The topological polar surface area (TPSA) is 13.1 Å². The largest absolute Gasteiger partial charge is 0.482 e. The Morgan fingerprint density at radius 3 is 2.40 bits per heavy atom. The van der Waals surface area contributed by atoms with Crippen LogP contribution in [0.15, 0.2) is 12.1 Å². The fourth-order valence-electron chi connectivity index (χ4n) is 1.27. The van der Waals surface area contributed by atoms with Gasteiger partial charge < -0.3 is 0 Å². The van der Waals surface area contributed by atoms with Crippen molar-refractivity contribution in [2.75, 3.05) is 7.11 Å². The molecule has 0 unspecified atom stereocenters. The molecule has 0 bridgehead atoms. The van der Waals surface area contributed by atoms with Crippen molar-refractivity contribution in [3.8, 4) is 0 Å². The summed E-state index contributed by atoms with van der Waals surface area (Å²) in [7, 11) is 1.21. The monoisotopic (exact) mass is 284 g/mol. The smallest absolute Gasteiger partial charge is 0.274 e. The number of pyridine rings is 1. The summed E-state index contributed by atoms with van der Waals surface area (Å²) >= 11 is 3.20. The van der Waals surface area contributed by atoms with Gasteiger partial charge in [-0.2, -0.15) is 13.2 Å². The molecule has 0 spiro atoms. The van der Waals surface area contributed by atoms with Crippen molar-refractivity contribution in [1.29, 1.82) is 0 Å². The average molecular weight is 285 g/mol. The van der Waals surface area contributed by atoms with Crippen molar-refractivity contribution >= 4 is 15.9 Å². The lowest BCUT2D eigenvalue weighted by molar-refractivity contribution is -0.900. The van der Waals surface area contributed by atoms with Gasteiger partial charge in [-0.15, -0.1) is 0 Å². The van der Waals surface area contributed by atoms with Crippen LogP contribution in [0.25, 0.3) is 0 Å². The van der Waals surface area contributed by atoms with E-state index in [1.54, 1.807) is 6.92 Å². The predicted molar refractivity (Wildman–Crippen MR) is 51.5 cm³/mol. The van der Waals surface area contributed by atoms with E-state index >= 15 is 0 Å². The van der Waals surface area contributed by atoms with Crippen molar-refractivity contribution in [3.63, 3.8) is 0 Å². The summed E-state index contributed by atoms with van der Waals surface area (Å²) in [6, 6.07) is 2.44. The zero-order chi connectivity index (χ0) is 11.6. The van der Waals surface area contributed by atoms with Gasteiger partial charge in [-0.1, -0.05) is 15.9 Å². The first-order chi connectivity index (χ1) is 6.91. The van der Waals surface area contributed by atoms with Crippen LogP contribution in [0.3, 0.4) is 0 Å². The molecule has 1 aromatic heterocycles. The summed E-state index contributed by atoms with van der Waals surface area (Å²) in [5, 5.41) is 0.486. The zero-order valence-electron chi connectivity index (χ0n) is 8.23. The zero-order valence-corrected chi connectivity index (χ0v) is 9.82. The standard InChI is InChI=1S/C9H10BrF3NO/c1-6-7(5-10)3-4-8(9(11,12)13)14(6)15-2/h3-4H,5H2,1-2H3/q+1. The average Bonchev–Trinajstić information content (AvgIpc) is 2.15. The number of rotatable bonds is 2. The maximum Gasteiger partial charge on any atom is 0.482 e. The summed E-state index contributed by atoms with van der Waals surface area (Å²) in [5.74, 6) is 0. The van der Waals surface area contributed by atoms with Gasteiger partial charge in [-0.3, -0.25) is 4.84 Å². The molecule has 0 aliphatic heterocycles. The van der Waals surface area contributed by atoms with Crippen LogP contribution in [0.5, 0.6) is 0 Å². The Labute approximate surface area is 93.8 Å². The van der Waals surface area contributed by atoms with Gasteiger partial charge in [-0.05, 0) is 6.07 Å². The molecule has 0 aliphatic carbocycles. The van der Waals surface area contributed by atoms with E-state index in [4.69, 9.17) is 4.84 Å². The third-order valence-electron chi connectivity index (χ3n) is 2.05. The minimum absolute atomic E-state index is 0.434. The lowest BCUT2D eigenvalue weighted by atomic mass is 10.2. The summed E-state index contributed by atoms with van der Waals surface area (Å²) in [6.07, 6.45) is -4.41. The second-order valence-electron chi connectivity index (χ2n) is 2.94. The summed E-state index contributed by atoms with van der Waals surface area (Å²) < 4.78 is 38.4. The first-order valence-corrected chi connectivity index (χ1v) is 5.26. The fourth-order valence-corrected chi connectivity index (χ4v) is 1.86. The third-order valence-corrected chi connectivity index (χ3v) is 2.65. The van der Waals surface area contributed by atoms with E-state index in [1.807, 2.05) is 0 Å². The molecule has 2 nitrogen and oxygen atoms in total. The molecule has 15 heavy (non-hydrogen) atoms. The predicted octanol–water partition coefficient (Wildman–Crippen LogP) is 2.25. The van der Waals surface area contributed by atoms with Gasteiger partial charge in [0, 0.05) is 28.6 Å². The molecule has 1 rings (SSSR count). The summed E-state index contributed by atoms with van der Waals surface area (Å²) in [6.45, 7) is 1.58. The highest BCUT2D eigenvalue weighted by molar-refractivity contribution is 9.08. The highest BCUT2D eigenvalue weighted by Gasteiger charge is 2.43. The highest BCUT2D eigenvalue weighted by Crippen LogP contribution is 2.27. The van der Waals surface area contributed by atoms with Crippen molar-refractivity contribution in [2.45, 2.75) is 18.4 Å². The van der Waals surface area contributed by atoms with Gasteiger partial charge in [0.15, 0.2) is 0 Å². The molecular formula is C9H10BrF3NO+. The van der Waals surface area contributed by atoms with Crippen LogP contribution in [-0.4, -0.2) is 7.11 Å². The van der Waals surface area contributed by atoms with Gasteiger partial charge in [0.1, 0.15) is 7.11 Å². The second kappa shape index (κ2) is 4.38. The van der Waals surface area contributed by atoms with E-state index in [1.165, 1.54) is 13.2 Å². The number of hydrogen-bond donors (Lipinski definition) is 0. The van der Waals surface area contributed by atoms with E-state index in [0.717, 1.165) is 16.4 Å². The van der Waals surface area contributed by atoms with E-state index in [0.29, 0.717) is 11.0 Å². The van der Waals surface area contributed by atoms with Crippen LogP contribution in [-0.2, 0) is 11.5 Å². The lowest BCUT2D eigenvalue weighted by Crippen LogP contribution is -2.50. The van der Waals surface area contributed by atoms with Gasteiger partial charge >= 0.3 is 11.9 Å². The Morgan fingerprint density at radius 1 is 1.40 bits per heavy atom. The van der Waals surface area contributed by atoms with E-state index in [2.05, 4.69) is 15.9 Å². The van der Waals surface area contributed by atoms with Crippen LogP contribution < -0.4 is 9.57 Å². The van der Waals surface area contributed by atoms with Crippen LogP contribution in [0, 0.1) is 6.92 Å². The minimum atomic E-state index is -4.41. The molecule has 0 fully saturated rings. The van der Waals surface area contributed by atoms with Crippen LogP contribution in [0.4, 0.5) is 13.2 Å². The Kier molecular flexibility index (Phi) is 3.59. The van der Waals surface area contributed by atoms with Crippen LogP contribution in [0.1, 0.15) is 17.0 Å². The Morgan fingerprint density at radius 2 is 2.00 bits per heavy atom. The number of alkyl halides is 4. The molecule has 6 heteroatoms. The molecule has 84 valence electrons. The maximum atomic E-state index is 12.5. The molecule has 0 radical (unpaired) electrons. The Balaban J connectivity index is 3.38. The first kappa shape index (κ1) is 12.3. The van der Waals surface area contributed by atoms with Gasteiger partial charge in [-0.25, -0.2) is 0 Å². The SMILES string of the molecule is CO[n+]1c(C(F)(F)F)ccc(CBr)c1C. The van der Waals surface area contributed by atoms with Crippen LogP contribution >= 0.6 is 15.9 Å². The molecule has 0 aromatic carbocycles. The number of aromatic nitrogens is 1. The molecule has 0 aliphatic rings. The number of halogens is 4. The van der Waals surface area contributed by atoms with E-state index in [9.17, 15) is 13.2 Å². The van der Waals surface area contributed by atoms with Crippen molar-refractivity contribution in [1.82, 2.24) is 0 Å². The van der Waals surface area contributed by atoms with Gasteiger partial charge in [0.2, 0.25) is 5.69 Å². The quantitative estimate of drug-likeness (QED) is 0.600. The Bertz CT molecular complexity index is 365. The van der Waals surface area contributed by atoms with Crippen molar-refractivity contribution < 1.29 is 22.7 Å². The molecule has 0 saturated heterocycles. The van der Waals surface area contributed by atoms with E-state index in [-0.39, 0.29) is 0 Å². The minimum Gasteiger partial charge on any atom is -0.274 e. The fraction of sp³-hybridized carbons (Fsp3) is 0.444. The number of hydrogen-bond acceptors (Lipinski definition) is 1. The molecule has 0 atom stereocenters. The van der Waals surface area contributed by atoms with Crippen molar-refractivity contribution in [3.05, 3.63) is 29.1 Å². The van der Waals surface area contributed by atoms with Crippen LogP contribution in [0.2, 0.25) is 0 Å². The van der Waals surface area contributed by atoms with Gasteiger partial charge in [0.25, 0.3) is 0 Å². The molecule has 1 heterocycles. The molecule has 1 aromatic rings. The molecular weight excluding hydrogens is 275 g/mol. The lowest BCUT2D eigenvalue weighted by Gasteiger charge is -2.07. The Hall–Kier alpha value is -0.780. The second-order valence-corrected chi connectivity index (χ2v) is 3.50. The molecule has 0 amide bonds. The first-order valence-electron chi connectivity index (χ1n) is 4.14. The molecule has 0 saturated carbocycles. The highest BCUT2D eigenvalue weighted by atomic mass is 79.9. The van der Waals surface area contributed by atoms with E-state index < -0.39 is 11.9 Å². The van der Waals surface area contributed by atoms with Crippen molar-refractivity contribution in [2.24, 2.45) is 0 Å². The third kappa shape index (κ3) is 2.42. The molecule has 0 N–H and O–H groups in total. The summed E-state index contributed by atoms with van der Waals surface area (Å²) in [5.41, 5.74) is 0.376. The number of nitrogens with zero attached hydrogens (tertiary/aromatic N) is 1.